The molecular weight excluding hydrogens is 159 g/mol. The molecule has 1 rings (SSSR count). The van der Waals surface area contributed by atoms with Crippen LogP contribution in [0.5, 0.6) is 0 Å². The van der Waals surface area contributed by atoms with Crippen LogP contribution >= 0.6 is 0 Å². The van der Waals surface area contributed by atoms with Crippen molar-refractivity contribution in [3.05, 3.63) is 0 Å². The molecule has 0 aliphatic carbocycles. The number of halogens is 3. The highest BCUT2D eigenvalue weighted by atomic mass is 19.4. The number of rotatable bonds is 1. The van der Waals surface area contributed by atoms with Crippen molar-refractivity contribution in [2.75, 3.05) is 20.1 Å². The standard InChI is InChI=1S/C6H10F3NO/c1-11-5(6(7,8)9)2-3-10-4-5/h10H,2-4H2,1H3/i1D3. The van der Waals surface area contributed by atoms with Crippen LogP contribution in [0.1, 0.15) is 10.5 Å². The molecule has 1 unspecified atom stereocenters. The Bertz CT molecular complexity index is 209. The Morgan fingerprint density at radius 1 is 1.64 bits per heavy atom. The van der Waals surface area contributed by atoms with Gasteiger partial charge in [0.2, 0.25) is 0 Å². The summed E-state index contributed by atoms with van der Waals surface area (Å²) in [6, 6.07) is 0. The number of hydrogen-bond acceptors (Lipinski definition) is 2. The van der Waals surface area contributed by atoms with Crippen LogP contribution in [-0.2, 0) is 4.74 Å². The third-order valence-corrected chi connectivity index (χ3v) is 1.83. The van der Waals surface area contributed by atoms with Gasteiger partial charge in [-0.25, -0.2) is 0 Å². The fourth-order valence-corrected chi connectivity index (χ4v) is 1.06. The van der Waals surface area contributed by atoms with Crippen LogP contribution in [0.4, 0.5) is 13.2 Å². The molecule has 1 fully saturated rings. The van der Waals surface area contributed by atoms with Gasteiger partial charge in [-0.2, -0.15) is 13.2 Å². The van der Waals surface area contributed by atoms with Crippen LogP contribution in [0.3, 0.4) is 0 Å². The minimum atomic E-state index is -4.66. The highest BCUT2D eigenvalue weighted by molar-refractivity contribution is 4.95. The molecular formula is C6H10F3NO. The number of ether oxygens (including phenoxy) is 1. The zero-order valence-electron chi connectivity index (χ0n) is 8.66. The van der Waals surface area contributed by atoms with Gasteiger partial charge in [-0.15, -0.1) is 0 Å². The van der Waals surface area contributed by atoms with Crippen molar-refractivity contribution < 1.29 is 22.0 Å². The Morgan fingerprint density at radius 2 is 2.36 bits per heavy atom. The monoisotopic (exact) mass is 172 g/mol. The molecule has 1 N–H and O–H groups in total. The zero-order valence-corrected chi connectivity index (χ0v) is 5.66. The zero-order chi connectivity index (χ0) is 11.0. The average molecular weight is 172 g/mol. The summed E-state index contributed by atoms with van der Waals surface area (Å²) >= 11 is 0. The van der Waals surface area contributed by atoms with Crippen LogP contribution in [0.15, 0.2) is 0 Å². The van der Waals surface area contributed by atoms with Gasteiger partial charge in [0.1, 0.15) is 0 Å². The minimum absolute atomic E-state index is 0.107. The SMILES string of the molecule is [2H]C([2H])([2H])OC1(C(F)(F)F)CCNC1. The lowest BCUT2D eigenvalue weighted by Gasteiger charge is -2.28. The van der Waals surface area contributed by atoms with E-state index >= 15 is 0 Å². The van der Waals surface area contributed by atoms with Crippen LogP contribution in [0.2, 0.25) is 0 Å². The molecule has 0 bridgehead atoms. The van der Waals surface area contributed by atoms with Crippen molar-refractivity contribution in [1.29, 1.82) is 0 Å². The highest BCUT2D eigenvalue weighted by Crippen LogP contribution is 2.37. The van der Waals surface area contributed by atoms with Gasteiger partial charge in [0.25, 0.3) is 0 Å². The molecule has 66 valence electrons. The fraction of sp³-hybridized carbons (Fsp3) is 1.00. The van der Waals surface area contributed by atoms with Gasteiger partial charge in [-0.1, -0.05) is 0 Å². The van der Waals surface area contributed by atoms with E-state index in [1.165, 1.54) is 0 Å². The Balaban J connectivity index is 2.83. The molecule has 1 aliphatic rings. The van der Waals surface area contributed by atoms with E-state index < -0.39 is 25.4 Å². The summed E-state index contributed by atoms with van der Waals surface area (Å²) in [6.07, 6.45) is -5.03. The normalized spacial score (nSPS) is 37.9. The van der Waals surface area contributed by atoms with Gasteiger partial charge in [-0.05, 0) is 13.0 Å². The summed E-state index contributed by atoms with van der Waals surface area (Å²) in [6.45, 7) is -0.398. The largest absolute Gasteiger partial charge is 0.418 e. The Kier molecular flexibility index (Phi) is 1.29. The van der Waals surface area contributed by atoms with E-state index in [0.29, 0.717) is 0 Å². The maximum atomic E-state index is 12.5. The average Bonchev–Trinajstić information content (AvgIpc) is 2.31. The Morgan fingerprint density at radius 3 is 2.73 bits per heavy atom. The summed E-state index contributed by atoms with van der Waals surface area (Å²) in [4.78, 5) is 0. The summed E-state index contributed by atoms with van der Waals surface area (Å²) in [7, 11) is -3.03. The van der Waals surface area contributed by atoms with E-state index in [1.807, 2.05) is 0 Å². The molecule has 1 atom stereocenters. The molecule has 0 aromatic rings. The summed E-state index contributed by atoms with van der Waals surface area (Å²) in [5, 5.41) is 2.45. The van der Waals surface area contributed by atoms with Gasteiger partial charge < -0.3 is 10.1 Å². The number of nitrogens with one attached hydrogen (secondary N) is 1. The van der Waals surface area contributed by atoms with Crippen molar-refractivity contribution in [1.82, 2.24) is 5.32 Å². The first-order valence-electron chi connectivity index (χ1n) is 4.64. The minimum Gasteiger partial charge on any atom is -0.367 e. The second-order valence-electron chi connectivity index (χ2n) is 2.52. The van der Waals surface area contributed by atoms with E-state index in [9.17, 15) is 13.2 Å². The van der Waals surface area contributed by atoms with Crippen molar-refractivity contribution in [3.8, 4) is 0 Å². The van der Waals surface area contributed by atoms with Crippen molar-refractivity contribution in [3.63, 3.8) is 0 Å². The summed E-state index contributed by atoms with van der Waals surface area (Å²) in [5.74, 6) is 0. The molecule has 1 aliphatic heterocycles. The lowest BCUT2D eigenvalue weighted by Crippen LogP contribution is -2.48. The van der Waals surface area contributed by atoms with E-state index in [1.54, 1.807) is 0 Å². The maximum Gasteiger partial charge on any atom is 0.418 e. The smallest absolute Gasteiger partial charge is 0.367 e. The molecule has 11 heavy (non-hydrogen) atoms. The lowest BCUT2D eigenvalue weighted by molar-refractivity contribution is -0.261. The Hall–Kier alpha value is -0.290. The van der Waals surface area contributed by atoms with Gasteiger partial charge in [0.05, 0.1) is 4.11 Å². The van der Waals surface area contributed by atoms with Crippen LogP contribution in [0.25, 0.3) is 0 Å². The van der Waals surface area contributed by atoms with Crippen molar-refractivity contribution in [2.45, 2.75) is 18.2 Å². The molecule has 0 aromatic carbocycles. The summed E-state index contributed by atoms with van der Waals surface area (Å²) in [5.41, 5.74) is -2.56. The lowest BCUT2D eigenvalue weighted by atomic mass is 10.0. The number of methoxy groups -OCH3 is 1. The maximum absolute atomic E-state index is 12.5. The summed E-state index contributed by atoms with van der Waals surface area (Å²) < 4.78 is 61.8. The first-order valence-corrected chi connectivity index (χ1v) is 3.14. The quantitative estimate of drug-likeness (QED) is 0.635. The van der Waals surface area contributed by atoms with Crippen LogP contribution in [0, 0.1) is 0 Å². The molecule has 0 amide bonds. The fourth-order valence-electron chi connectivity index (χ4n) is 1.06. The second kappa shape index (κ2) is 2.64. The van der Waals surface area contributed by atoms with Gasteiger partial charge >= 0.3 is 6.18 Å². The van der Waals surface area contributed by atoms with Gasteiger partial charge in [-0.3, -0.25) is 0 Å². The van der Waals surface area contributed by atoms with E-state index in [-0.39, 0.29) is 13.0 Å². The van der Waals surface area contributed by atoms with Crippen LogP contribution in [-0.4, -0.2) is 31.9 Å². The Labute approximate surface area is 66.9 Å². The molecule has 1 saturated heterocycles. The second-order valence-corrected chi connectivity index (χ2v) is 2.52. The third-order valence-electron chi connectivity index (χ3n) is 1.83. The molecule has 5 heteroatoms. The van der Waals surface area contributed by atoms with Crippen molar-refractivity contribution >= 4 is 0 Å². The molecule has 2 nitrogen and oxygen atoms in total. The van der Waals surface area contributed by atoms with E-state index in [4.69, 9.17) is 4.11 Å². The van der Waals surface area contributed by atoms with Gasteiger partial charge in [0, 0.05) is 13.6 Å². The predicted molar refractivity (Wildman–Crippen MR) is 33.3 cm³/mol. The van der Waals surface area contributed by atoms with E-state index in [2.05, 4.69) is 10.1 Å². The molecule has 0 radical (unpaired) electrons. The van der Waals surface area contributed by atoms with Crippen LogP contribution < -0.4 is 5.32 Å². The molecule has 0 saturated carbocycles. The highest BCUT2D eigenvalue weighted by Gasteiger charge is 2.56. The number of alkyl halides is 3. The molecule has 0 aromatic heterocycles. The number of hydrogen-bond donors (Lipinski definition) is 1. The molecule has 1 heterocycles. The first kappa shape index (κ1) is 5.37. The van der Waals surface area contributed by atoms with E-state index in [0.717, 1.165) is 0 Å². The third kappa shape index (κ3) is 1.35. The predicted octanol–water partition coefficient (Wildman–Crippen LogP) is 0.927. The first-order chi connectivity index (χ1) is 6.16. The topological polar surface area (TPSA) is 21.3 Å². The van der Waals surface area contributed by atoms with Crippen molar-refractivity contribution in [2.24, 2.45) is 0 Å². The molecule has 0 spiro atoms. The van der Waals surface area contributed by atoms with Gasteiger partial charge in [0.15, 0.2) is 5.60 Å².